The van der Waals surface area contributed by atoms with Gasteiger partial charge in [-0.25, -0.2) is 0 Å². The lowest BCUT2D eigenvalue weighted by Gasteiger charge is -2.16. The minimum absolute atomic E-state index is 0.0310. The van der Waals surface area contributed by atoms with Gasteiger partial charge in [-0.05, 0) is 12.1 Å². The van der Waals surface area contributed by atoms with Crippen LogP contribution in [-0.4, -0.2) is 43.0 Å². The first kappa shape index (κ1) is 16.0. The maximum Gasteiger partial charge on any atom is 0.405 e. The second kappa shape index (κ2) is 6.42. The van der Waals surface area contributed by atoms with Gasteiger partial charge >= 0.3 is 6.18 Å². The molecule has 0 saturated heterocycles. The van der Waals surface area contributed by atoms with Crippen molar-refractivity contribution < 1.29 is 27.2 Å². The molecule has 9 heteroatoms. The number of carbonyl (C=O) groups excluding carboxylic acids is 2. The lowest BCUT2D eigenvalue weighted by atomic mass is 10.3. The third kappa shape index (κ3) is 4.92. The van der Waals surface area contributed by atoms with Gasteiger partial charge in [-0.1, -0.05) is 0 Å². The fourth-order valence-electron chi connectivity index (χ4n) is 1.33. The monoisotopic (exact) mass is 293 g/mol. The Bertz CT molecular complexity index is 485. The van der Waals surface area contributed by atoms with Crippen LogP contribution in [0.2, 0.25) is 0 Å². The molecule has 1 rings (SSSR count). The molecule has 2 amide bonds. The van der Waals surface area contributed by atoms with Gasteiger partial charge in [0, 0.05) is 7.05 Å². The Morgan fingerprint density at radius 1 is 1.40 bits per heavy atom. The molecule has 0 spiro atoms. The van der Waals surface area contributed by atoms with Crippen LogP contribution in [0.1, 0.15) is 16.3 Å². The summed E-state index contributed by atoms with van der Waals surface area (Å²) in [6, 6.07) is 2.89. The third-order valence-electron chi connectivity index (χ3n) is 2.29. The number of halogens is 3. The third-order valence-corrected chi connectivity index (χ3v) is 2.29. The highest BCUT2D eigenvalue weighted by Gasteiger charge is 2.28. The number of alkyl halides is 3. The van der Waals surface area contributed by atoms with Crippen LogP contribution in [-0.2, 0) is 11.3 Å². The van der Waals surface area contributed by atoms with Crippen LogP contribution in [0.5, 0.6) is 0 Å². The van der Waals surface area contributed by atoms with Gasteiger partial charge in [0.05, 0.1) is 13.1 Å². The predicted octanol–water partition coefficient (Wildman–Crippen LogP) is 0.489. The zero-order valence-electron chi connectivity index (χ0n) is 10.7. The standard InChI is InChI=1S/C11H14F3N3O3/c1-17(5-9(18)16-6-11(12,13)14)10(19)8-3-2-7(4-15)20-8/h2-3H,4-6,15H2,1H3,(H,16,18). The molecule has 0 aliphatic heterocycles. The summed E-state index contributed by atoms with van der Waals surface area (Å²) in [5.74, 6) is -1.17. The number of amides is 2. The van der Waals surface area contributed by atoms with Gasteiger partial charge in [0.15, 0.2) is 5.76 Å². The lowest BCUT2D eigenvalue weighted by molar-refractivity contribution is -0.138. The van der Waals surface area contributed by atoms with Gasteiger partial charge in [-0.3, -0.25) is 9.59 Å². The summed E-state index contributed by atoms with van der Waals surface area (Å²) in [5.41, 5.74) is 5.31. The summed E-state index contributed by atoms with van der Waals surface area (Å²) in [6.07, 6.45) is -4.49. The van der Waals surface area contributed by atoms with E-state index in [9.17, 15) is 22.8 Å². The number of furan rings is 1. The predicted molar refractivity (Wildman–Crippen MR) is 62.6 cm³/mol. The van der Waals surface area contributed by atoms with Crippen molar-refractivity contribution in [1.29, 1.82) is 0 Å². The number of nitrogens with zero attached hydrogens (tertiary/aromatic N) is 1. The lowest BCUT2D eigenvalue weighted by Crippen LogP contribution is -2.41. The molecule has 20 heavy (non-hydrogen) atoms. The molecule has 1 heterocycles. The quantitative estimate of drug-likeness (QED) is 0.827. The van der Waals surface area contributed by atoms with Crippen LogP contribution >= 0.6 is 0 Å². The van der Waals surface area contributed by atoms with Crippen molar-refractivity contribution in [2.45, 2.75) is 12.7 Å². The number of likely N-dealkylation sites (N-methyl/N-ethyl adjacent to an activating group) is 1. The molecule has 0 unspecified atom stereocenters. The fourth-order valence-corrected chi connectivity index (χ4v) is 1.33. The molecule has 112 valence electrons. The molecule has 0 aromatic carbocycles. The van der Waals surface area contributed by atoms with Gasteiger partial charge in [0.1, 0.15) is 12.3 Å². The fraction of sp³-hybridized carbons (Fsp3) is 0.455. The van der Waals surface area contributed by atoms with Crippen molar-refractivity contribution >= 4 is 11.8 Å². The van der Waals surface area contributed by atoms with Gasteiger partial charge in [-0.15, -0.1) is 0 Å². The van der Waals surface area contributed by atoms with E-state index in [0.29, 0.717) is 5.76 Å². The van der Waals surface area contributed by atoms with E-state index in [2.05, 4.69) is 0 Å². The zero-order chi connectivity index (χ0) is 15.3. The normalized spacial score (nSPS) is 11.2. The van der Waals surface area contributed by atoms with Gasteiger partial charge in [-0.2, -0.15) is 13.2 Å². The number of carbonyl (C=O) groups is 2. The van der Waals surface area contributed by atoms with Crippen LogP contribution in [0.4, 0.5) is 13.2 Å². The van der Waals surface area contributed by atoms with Gasteiger partial charge in [0.2, 0.25) is 5.91 Å². The minimum atomic E-state index is -4.49. The molecule has 1 aromatic rings. The molecule has 0 saturated carbocycles. The van der Waals surface area contributed by atoms with Crippen molar-refractivity contribution in [2.24, 2.45) is 5.73 Å². The molecule has 6 nitrogen and oxygen atoms in total. The zero-order valence-corrected chi connectivity index (χ0v) is 10.7. The highest BCUT2D eigenvalue weighted by molar-refractivity contribution is 5.94. The first-order chi connectivity index (χ1) is 9.23. The summed E-state index contributed by atoms with van der Waals surface area (Å²) in [6.45, 7) is -1.83. The summed E-state index contributed by atoms with van der Waals surface area (Å²) in [4.78, 5) is 24.0. The molecule has 0 atom stereocenters. The van der Waals surface area contributed by atoms with Crippen LogP contribution < -0.4 is 11.1 Å². The molecule has 0 aliphatic carbocycles. The number of hydrogen-bond acceptors (Lipinski definition) is 4. The van der Waals surface area contributed by atoms with Crippen molar-refractivity contribution in [3.05, 3.63) is 23.7 Å². The van der Waals surface area contributed by atoms with Crippen LogP contribution in [0.15, 0.2) is 16.5 Å². The number of nitrogens with two attached hydrogens (primary N) is 1. The second-order valence-electron chi connectivity index (χ2n) is 4.02. The van der Waals surface area contributed by atoms with E-state index in [-0.39, 0.29) is 12.3 Å². The van der Waals surface area contributed by atoms with Crippen molar-refractivity contribution in [2.75, 3.05) is 20.1 Å². The molecule has 0 radical (unpaired) electrons. The maximum absolute atomic E-state index is 11.9. The Labute approximate surface area is 112 Å². The van der Waals surface area contributed by atoms with E-state index in [1.165, 1.54) is 19.2 Å². The Hall–Kier alpha value is -2.03. The molecule has 0 bridgehead atoms. The Kier molecular flexibility index (Phi) is 5.14. The van der Waals surface area contributed by atoms with Crippen LogP contribution in [0, 0.1) is 0 Å². The molecular formula is C11H14F3N3O3. The van der Waals surface area contributed by atoms with E-state index >= 15 is 0 Å². The van der Waals surface area contributed by atoms with Crippen molar-refractivity contribution in [3.63, 3.8) is 0 Å². The minimum Gasteiger partial charge on any atom is -0.455 e. The smallest absolute Gasteiger partial charge is 0.405 e. The van der Waals surface area contributed by atoms with Gasteiger partial charge in [0.25, 0.3) is 5.91 Å². The Balaban J connectivity index is 2.51. The van der Waals surface area contributed by atoms with E-state index < -0.39 is 31.1 Å². The molecule has 1 aromatic heterocycles. The average molecular weight is 293 g/mol. The largest absolute Gasteiger partial charge is 0.455 e. The summed E-state index contributed by atoms with van der Waals surface area (Å²) in [7, 11) is 1.28. The highest BCUT2D eigenvalue weighted by Crippen LogP contribution is 2.12. The number of nitrogens with one attached hydrogen (secondary N) is 1. The molecule has 0 aliphatic rings. The molecule has 3 N–H and O–H groups in total. The summed E-state index contributed by atoms with van der Waals surface area (Å²) in [5, 5.41) is 1.67. The topological polar surface area (TPSA) is 88.6 Å². The first-order valence-electron chi connectivity index (χ1n) is 5.60. The summed E-state index contributed by atoms with van der Waals surface area (Å²) >= 11 is 0. The summed E-state index contributed by atoms with van der Waals surface area (Å²) < 4.78 is 40.8. The van der Waals surface area contributed by atoms with E-state index in [4.69, 9.17) is 10.2 Å². The molecular weight excluding hydrogens is 279 g/mol. The first-order valence-corrected chi connectivity index (χ1v) is 5.60. The maximum atomic E-state index is 11.9. The SMILES string of the molecule is CN(CC(=O)NCC(F)(F)F)C(=O)c1ccc(CN)o1. The van der Waals surface area contributed by atoms with E-state index in [1.54, 1.807) is 5.32 Å². The van der Waals surface area contributed by atoms with Gasteiger partial charge < -0.3 is 20.4 Å². The van der Waals surface area contributed by atoms with E-state index in [0.717, 1.165) is 4.90 Å². The highest BCUT2D eigenvalue weighted by atomic mass is 19.4. The second-order valence-corrected chi connectivity index (χ2v) is 4.02. The average Bonchev–Trinajstić information content (AvgIpc) is 2.83. The van der Waals surface area contributed by atoms with Crippen LogP contribution in [0.3, 0.4) is 0 Å². The van der Waals surface area contributed by atoms with Crippen molar-refractivity contribution in [3.8, 4) is 0 Å². The molecule has 0 fully saturated rings. The Morgan fingerprint density at radius 2 is 2.05 bits per heavy atom. The van der Waals surface area contributed by atoms with Crippen LogP contribution in [0.25, 0.3) is 0 Å². The van der Waals surface area contributed by atoms with E-state index in [1.807, 2.05) is 0 Å². The number of rotatable bonds is 5. The Morgan fingerprint density at radius 3 is 2.55 bits per heavy atom. The number of hydrogen-bond donors (Lipinski definition) is 2. The van der Waals surface area contributed by atoms with Crippen molar-refractivity contribution in [1.82, 2.24) is 10.2 Å².